The molecule has 0 radical (unpaired) electrons. The van der Waals surface area contributed by atoms with Crippen LogP contribution in [0.5, 0.6) is 0 Å². The van der Waals surface area contributed by atoms with Gasteiger partial charge in [-0.2, -0.15) is 0 Å². The molecule has 1 saturated heterocycles. The third-order valence-corrected chi connectivity index (χ3v) is 4.12. The Balaban J connectivity index is 2.06. The summed E-state index contributed by atoms with van der Waals surface area (Å²) in [6.45, 7) is 7.83. The molecule has 0 spiro atoms. The van der Waals surface area contributed by atoms with Crippen molar-refractivity contribution in [3.05, 3.63) is 23.8 Å². The number of allylic oxidation sites excluding steroid dienone is 2. The molecule has 1 aliphatic carbocycles. The van der Waals surface area contributed by atoms with E-state index in [0.29, 0.717) is 11.5 Å². The minimum absolute atomic E-state index is 0.000278. The second-order valence-electron chi connectivity index (χ2n) is 5.61. The molecule has 0 aromatic rings. The van der Waals surface area contributed by atoms with Crippen LogP contribution in [0.1, 0.15) is 39.5 Å². The third-order valence-electron chi connectivity index (χ3n) is 4.12. The highest BCUT2D eigenvalue weighted by molar-refractivity contribution is 5.90. The van der Waals surface area contributed by atoms with E-state index in [1.54, 1.807) is 0 Å². The molecule has 0 saturated carbocycles. The van der Waals surface area contributed by atoms with Crippen LogP contribution in [0, 0.1) is 11.8 Å². The summed E-state index contributed by atoms with van der Waals surface area (Å²) in [6, 6.07) is 0. The van der Waals surface area contributed by atoms with Gasteiger partial charge in [0.1, 0.15) is 6.10 Å². The van der Waals surface area contributed by atoms with E-state index in [9.17, 15) is 9.90 Å². The molecular weight excluding hydrogens is 228 g/mol. The smallest absolute Gasteiger partial charge is 0.334 e. The predicted octanol–water partition coefficient (Wildman–Crippen LogP) is 2.60. The second kappa shape index (κ2) is 5.27. The van der Waals surface area contributed by atoms with Crippen LogP contribution in [0.4, 0.5) is 0 Å². The SMILES string of the molecule is C=C1C(=O)O[C@H]2C[C@H](C)C(CCC(C)O)=CC[C@H]12. The van der Waals surface area contributed by atoms with Crippen molar-refractivity contribution in [1.82, 2.24) is 0 Å². The molecule has 100 valence electrons. The number of hydrogen-bond donors (Lipinski definition) is 1. The first kappa shape index (κ1) is 13.3. The van der Waals surface area contributed by atoms with Crippen molar-refractivity contribution < 1.29 is 14.6 Å². The molecule has 1 unspecified atom stereocenters. The van der Waals surface area contributed by atoms with Gasteiger partial charge in [-0.3, -0.25) is 0 Å². The summed E-state index contributed by atoms with van der Waals surface area (Å²) in [5, 5.41) is 9.37. The van der Waals surface area contributed by atoms with Gasteiger partial charge in [0.25, 0.3) is 0 Å². The Morgan fingerprint density at radius 1 is 1.61 bits per heavy atom. The predicted molar refractivity (Wildman–Crippen MR) is 69.9 cm³/mol. The van der Waals surface area contributed by atoms with Crippen LogP contribution in [-0.2, 0) is 9.53 Å². The largest absolute Gasteiger partial charge is 0.458 e. The van der Waals surface area contributed by atoms with Crippen LogP contribution in [0.2, 0.25) is 0 Å². The lowest BCUT2D eigenvalue weighted by Gasteiger charge is -2.18. The molecule has 1 heterocycles. The van der Waals surface area contributed by atoms with Crippen molar-refractivity contribution in [3.8, 4) is 0 Å². The van der Waals surface area contributed by atoms with E-state index >= 15 is 0 Å². The van der Waals surface area contributed by atoms with Crippen LogP contribution in [-0.4, -0.2) is 23.3 Å². The van der Waals surface area contributed by atoms with Crippen LogP contribution in [0.3, 0.4) is 0 Å². The van der Waals surface area contributed by atoms with Crippen LogP contribution >= 0.6 is 0 Å². The van der Waals surface area contributed by atoms with Crippen molar-refractivity contribution in [3.63, 3.8) is 0 Å². The second-order valence-corrected chi connectivity index (χ2v) is 5.61. The van der Waals surface area contributed by atoms with Gasteiger partial charge in [0, 0.05) is 11.5 Å². The summed E-state index contributed by atoms with van der Waals surface area (Å²) >= 11 is 0. The number of carbonyl (C=O) groups excluding carboxylic acids is 1. The maximum Gasteiger partial charge on any atom is 0.334 e. The fraction of sp³-hybridized carbons (Fsp3) is 0.667. The molecule has 3 heteroatoms. The quantitative estimate of drug-likeness (QED) is 0.476. The molecule has 2 aliphatic rings. The number of carbonyl (C=O) groups is 1. The fourth-order valence-electron chi connectivity index (χ4n) is 2.88. The average Bonchev–Trinajstić information content (AvgIpc) is 2.46. The zero-order chi connectivity index (χ0) is 13.3. The van der Waals surface area contributed by atoms with Gasteiger partial charge in [-0.1, -0.05) is 25.2 Å². The van der Waals surface area contributed by atoms with Gasteiger partial charge in [-0.15, -0.1) is 0 Å². The van der Waals surface area contributed by atoms with Crippen LogP contribution < -0.4 is 0 Å². The van der Waals surface area contributed by atoms with E-state index in [2.05, 4.69) is 19.6 Å². The number of esters is 1. The Morgan fingerprint density at radius 3 is 3.00 bits per heavy atom. The summed E-state index contributed by atoms with van der Waals surface area (Å²) in [7, 11) is 0. The standard InChI is InChI=1S/C15H22O3/c1-9-8-14-13(11(3)15(17)18-14)7-6-12(9)5-4-10(2)16/h6,9-10,13-14,16H,3-5,7-8H2,1-2H3/t9-,10?,13+,14-/m0/s1. The molecule has 3 nitrogen and oxygen atoms in total. The van der Waals surface area contributed by atoms with Gasteiger partial charge in [0.05, 0.1) is 6.10 Å². The molecule has 1 N–H and O–H groups in total. The highest BCUT2D eigenvalue weighted by Crippen LogP contribution is 2.39. The minimum Gasteiger partial charge on any atom is -0.458 e. The van der Waals surface area contributed by atoms with Crippen molar-refractivity contribution in [2.45, 2.75) is 51.7 Å². The van der Waals surface area contributed by atoms with Crippen molar-refractivity contribution in [2.75, 3.05) is 0 Å². The zero-order valence-electron chi connectivity index (χ0n) is 11.2. The Bertz CT molecular complexity index is 381. The Labute approximate surface area is 109 Å². The molecule has 0 aromatic carbocycles. The summed E-state index contributed by atoms with van der Waals surface area (Å²) in [6.07, 6.45) is 5.42. The monoisotopic (exact) mass is 250 g/mol. The summed E-state index contributed by atoms with van der Waals surface area (Å²) in [4.78, 5) is 11.5. The van der Waals surface area contributed by atoms with E-state index < -0.39 is 0 Å². The zero-order valence-corrected chi connectivity index (χ0v) is 11.2. The maximum atomic E-state index is 11.5. The fourth-order valence-corrected chi connectivity index (χ4v) is 2.88. The first-order valence-electron chi connectivity index (χ1n) is 6.75. The van der Waals surface area contributed by atoms with Crippen molar-refractivity contribution in [2.24, 2.45) is 11.8 Å². The van der Waals surface area contributed by atoms with Gasteiger partial charge < -0.3 is 9.84 Å². The van der Waals surface area contributed by atoms with E-state index in [1.807, 2.05) is 6.92 Å². The molecule has 1 fully saturated rings. The number of ether oxygens (including phenoxy) is 1. The molecule has 4 atom stereocenters. The Morgan fingerprint density at radius 2 is 2.33 bits per heavy atom. The summed E-state index contributed by atoms with van der Waals surface area (Å²) in [5.74, 6) is 0.347. The summed E-state index contributed by atoms with van der Waals surface area (Å²) in [5.41, 5.74) is 2.01. The molecule has 2 rings (SSSR count). The molecular formula is C15H22O3. The third kappa shape index (κ3) is 2.66. The van der Waals surface area contributed by atoms with Gasteiger partial charge in [0.15, 0.2) is 0 Å². The lowest BCUT2D eigenvalue weighted by atomic mass is 9.90. The first-order valence-corrected chi connectivity index (χ1v) is 6.75. The first-order chi connectivity index (χ1) is 8.49. The number of aliphatic hydroxyl groups excluding tert-OH is 1. The molecule has 18 heavy (non-hydrogen) atoms. The van der Waals surface area contributed by atoms with Gasteiger partial charge in [-0.25, -0.2) is 4.79 Å². The lowest BCUT2D eigenvalue weighted by Crippen LogP contribution is -2.17. The van der Waals surface area contributed by atoms with Crippen molar-refractivity contribution >= 4 is 5.97 Å². The molecule has 0 aromatic heterocycles. The van der Waals surface area contributed by atoms with Gasteiger partial charge in [0.2, 0.25) is 0 Å². The minimum atomic E-state index is -0.256. The molecule has 1 aliphatic heterocycles. The lowest BCUT2D eigenvalue weighted by molar-refractivity contribution is -0.139. The topological polar surface area (TPSA) is 46.5 Å². The number of hydrogen-bond acceptors (Lipinski definition) is 3. The Hall–Kier alpha value is -1.09. The number of aliphatic hydroxyl groups is 1. The van der Waals surface area contributed by atoms with Crippen LogP contribution in [0.15, 0.2) is 23.8 Å². The highest BCUT2D eigenvalue weighted by atomic mass is 16.6. The van der Waals surface area contributed by atoms with Crippen molar-refractivity contribution in [1.29, 1.82) is 0 Å². The normalized spacial score (nSPS) is 33.5. The molecule has 0 amide bonds. The maximum absolute atomic E-state index is 11.5. The van der Waals surface area contributed by atoms with E-state index in [4.69, 9.17) is 4.74 Å². The van der Waals surface area contributed by atoms with Crippen LogP contribution in [0.25, 0.3) is 0 Å². The Kier molecular flexibility index (Phi) is 3.91. The molecule has 0 bridgehead atoms. The van der Waals surface area contributed by atoms with Gasteiger partial charge in [-0.05, 0) is 38.5 Å². The number of rotatable bonds is 3. The number of fused-ring (bicyclic) bond motifs is 1. The summed E-state index contributed by atoms with van der Waals surface area (Å²) < 4.78 is 5.38. The average molecular weight is 250 g/mol. The van der Waals surface area contributed by atoms with E-state index in [0.717, 1.165) is 25.7 Å². The van der Waals surface area contributed by atoms with E-state index in [-0.39, 0.29) is 24.1 Å². The van der Waals surface area contributed by atoms with Gasteiger partial charge >= 0.3 is 5.97 Å². The van der Waals surface area contributed by atoms with E-state index in [1.165, 1.54) is 5.57 Å². The highest BCUT2D eigenvalue weighted by Gasteiger charge is 2.40.